The lowest BCUT2D eigenvalue weighted by atomic mass is 10.3. The van der Waals surface area contributed by atoms with Crippen LogP contribution in [0.2, 0.25) is 0 Å². The van der Waals surface area contributed by atoms with Crippen molar-refractivity contribution in [3.8, 4) is 0 Å². The van der Waals surface area contributed by atoms with E-state index in [9.17, 15) is 13.2 Å². The number of halogens is 3. The van der Waals surface area contributed by atoms with Gasteiger partial charge in [-0.2, -0.15) is 13.2 Å². The van der Waals surface area contributed by atoms with Crippen molar-refractivity contribution >= 4 is 17.3 Å². The molecule has 0 aromatic heterocycles. The minimum absolute atomic E-state index is 0.496. The summed E-state index contributed by atoms with van der Waals surface area (Å²) >= 11 is 4.24. The van der Waals surface area contributed by atoms with Crippen LogP contribution in [-0.2, 0) is 0 Å². The number of allylic oxidation sites excluding steroid dienone is 1. The molecule has 4 N–H and O–H groups in total. The fraction of sp³-hybridized carbons (Fsp3) is 0.500. The molecule has 3 nitrogen and oxygen atoms in total. The monoisotopic (exact) mass is 214 g/mol. The first kappa shape index (κ1) is 12.2. The first-order valence-electron chi connectivity index (χ1n) is 3.27. The minimum Gasteiger partial charge on any atom is -0.389 e. The van der Waals surface area contributed by atoms with E-state index in [1.165, 1.54) is 6.92 Å². The number of aliphatic hydroxyl groups excluding tert-OH is 1. The van der Waals surface area contributed by atoms with Gasteiger partial charge in [0.2, 0.25) is 0 Å². The Hall–Kier alpha value is -0.820. The molecule has 0 saturated carbocycles. The van der Waals surface area contributed by atoms with Gasteiger partial charge in [0.05, 0.1) is 6.10 Å². The third-order valence-corrected chi connectivity index (χ3v) is 1.07. The number of nitrogens with one attached hydrogen (secondary N) is 1. The van der Waals surface area contributed by atoms with Crippen LogP contribution in [0, 0.1) is 0 Å². The van der Waals surface area contributed by atoms with Crippen molar-refractivity contribution in [2.45, 2.75) is 19.2 Å². The minimum atomic E-state index is -4.60. The summed E-state index contributed by atoms with van der Waals surface area (Å²) in [7, 11) is 0. The van der Waals surface area contributed by atoms with Crippen molar-refractivity contribution < 1.29 is 18.3 Å². The third-order valence-electron chi connectivity index (χ3n) is 0.971. The quantitative estimate of drug-likeness (QED) is 0.591. The molecule has 76 valence electrons. The highest BCUT2D eigenvalue weighted by Gasteiger charge is 2.34. The lowest BCUT2D eigenvalue weighted by Gasteiger charge is -2.13. The van der Waals surface area contributed by atoms with E-state index < -0.39 is 23.1 Å². The number of alkyl halides is 3. The molecule has 0 rings (SSSR count). The van der Waals surface area contributed by atoms with Gasteiger partial charge in [0.15, 0.2) is 5.11 Å². The summed E-state index contributed by atoms with van der Waals surface area (Å²) in [5.74, 6) is 0. The molecule has 0 fully saturated rings. The molecule has 0 aliphatic rings. The highest BCUT2D eigenvalue weighted by molar-refractivity contribution is 7.80. The molecule has 0 aliphatic heterocycles. The van der Waals surface area contributed by atoms with Crippen molar-refractivity contribution in [1.29, 1.82) is 0 Å². The third kappa shape index (κ3) is 5.42. The molecule has 1 atom stereocenters. The van der Waals surface area contributed by atoms with Gasteiger partial charge in [-0.25, -0.2) is 0 Å². The summed E-state index contributed by atoms with van der Waals surface area (Å²) in [5.41, 5.74) is 3.71. The topological polar surface area (TPSA) is 58.3 Å². The molecule has 0 amide bonds. The molecular formula is C6H9F3N2OS. The number of thiocarbonyl (C=S) groups is 1. The average molecular weight is 214 g/mol. The highest BCUT2D eigenvalue weighted by atomic mass is 32.1. The standard InChI is InChI=1S/C6H9F3N2OS/c1-3(12)2-4(6(7,8)9)11-5(10)13/h2-3,12H,1H3,(H3,10,11,13)/b4-2-/t3-/m1/s1. The Morgan fingerprint density at radius 3 is 2.31 bits per heavy atom. The van der Waals surface area contributed by atoms with Crippen molar-refractivity contribution in [3.05, 3.63) is 11.8 Å². The molecule has 0 aromatic rings. The van der Waals surface area contributed by atoms with Crippen molar-refractivity contribution in [2.75, 3.05) is 0 Å². The molecule has 0 spiro atoms. The number of rotatable bonds is 2. The normalized spacial score (nSPS) is 15.3. The molecule has 0 aliphatic carbocycles. The molecule has 0 bridgehead atoms. The zero-order chi connectivity index (χ0) is 10.6. The molecule has 0 aromatic carbocycles. The summed E-state index contributed by atoms with van der Waals surface area (Å²) in [6.45, 7) is 1.19. The number of hydrogen-bond donors (Lipinski definition) is 3. The van der Waals surface area contributed by atoms with Gasteiger partial charge < -0.3 is 16.2 Å². The van der Waals surface area contributed by atoms with Crippen LogP contribution in [0.25, 0.3) is 0 Å². The van der Waals surface area contributed by atoms with Crippen LogP contribution in [0.4, 0.5) is 13.2 Å². The van der Waals surface area contributed by atoms with Crippen molar-refractivity contribution in [1.82, 2.24) is 5.32 Å². The number of nitrogens with two attached hydrogens (primary N) is 1. The second kappa shape index (κ2) is 4.43. The van der Waals surface area contributed by atoms with Crippen LogP contribution in [0.1, 0.15) is 6.92 Å². The summed E-state index contributed by atoms with van der Waals surface area (Å²) < 4.78 is 36.3. The Balaban J connectivity index is 4.66. The van der Waals surface area contributed by atoms with E-state index >= 15 is 0 Å². The summed E-state index contributed by atoms with van der Waals surface area (Å²) in [4.78, 5) is 0. The Labute approximate surface area is 78.4 Å². The lowest BCUT2D eigenvalue weighted by molar-refractivity contribution is -0.0956. The first-order chi connectivity index (χ1) is 5.73. The van der Waals surface area contributed by atoms with Crippen molar-refractivity contribution in [2.24, 2.45) is 5.73 Å². The maximum atomic E-state index is 12.1. The van der Waals surface area contributed by atoms with Crippen LogP contribution in [0.5, 0.6) is 0 Å². The highest BCUT2D eigenvalue weighted by Crippen LogP contribution is 2.23. The Morgan fingerprint density at radius 2 is 2.08 bits per heavy atom. The van der Waals surface area contributed by atoms with E-state index in [0.717, 1.165) is 0 Å². The zero-order valence-corrected chi connectivity index (χ0v) is 7.54. The predicted octanol–water partition coefficient (Wildman–Crippen LogP) is 0.647. The van der Waals surface area contributed by atoms with E-state index in [4.69, 9.17) is 10.8 Å². The van der Waals surface area contributed by atoms with Gasteiger partial charge in [-0.1, -0.05) is 0 Å². The van der Waals surface area contributed by atoms with Gasteiger partial charge in [0, 0.05) is 0 Å². The summed E-state index contributed by atoms with van der Waals surface area (Å²) in [5, 5.41) is 9.94. The van der Waals surface area contributed by atoms with E-state index in [1.54, 1.807) is 5.32 Å². The molecule has 0 heterocycles. The Morgan fingerprint density at radius 1 is 1.62 bits per heavy atom. The molecule has 0 radical (unpaired) electrons. The van der Waals surface area contributed by atoms with Crippen molar-refractivity contribution in [3.63, 3.8) is 0 Å². The maximum Gasteiger partial charge on any atom is 0.431 e. The van der Waals surface area contributed by atoms with Crippen LogP contribution >= 0.6 is 12.2 Å². The fourth-order valence-corrected chi connectivity index (χ4v) is 0.691. The average Bonchev–Trinajstić information content (AvgIpc) is 1.81. The van der Waals surface area contributed by atoms with E-state index in [0.29, 0.717) is 6.08 Å². The second-order valence-electron chi connectivity index (χ2n) is 2.31. The molecule has 0 unspecified atom stereocenters. The fourth-order valence-electron chi connectivity index (χ4n) is 0.581. The van der Waals surface area contributed by atoms with Gasteiger partial charge in [0.1, 0.15) is 5.70 Å². The van der Waals surface area contributed by atoms with Crippen LogP contribution in [-0.4, -0.2) is 22.5 Å². The zero-order valence-electron chi connectivity index (χ0n) is 6.72. The molecule has 0 saturated heterocycles. The molecule has 13 heavy (non-hydrogen) atoms. The Kier molecular flexibility index (Phi) is 4.15. The van der Waals surface area contributed by atoms with Gasteiger partial charge >= 0.3 is 6.18 Å². The second-order valence-corrected chi connectivity index (χ2v) is 2.75. The molecule has 7 heteroatoms. The summed E-state index contributed by atoms with van der Waals surface area (Å²) in [6.07, 6.45) is -5.24. The first-order valence-corrected chi connectivity index (χ1v) is 3.68. The van der Waals surface area contributed by atoms with Gasteiger partial charge in [-0.3, -0.25) is 0 Å². The predicted molar refractivity (Wildman–Crippen MR) is 45.7 cm³/mol. The van der Waals surface area contributed by atoms with Crippen LogP contribution in [0.3, 0.4) is 0 Å². The van der Waals surface area contributed by atoms with Gasteiger partial charge in [-0.05, 0) is 25.2 Å². The summed E-state index contributed by atoms with van der Waals surface area (Å²) in [6, 6.07) is 0. The SMILES string of the molecule is C[C@@H](O)/C=C(\NC(N)=S)C(F)(F)F. The largest absolute Gasteiger partial charge is 0.431 e. The Bertz CT molecular complexity index is 224. The van der Waals surface area contributed by atoms with E-state index in [1.807, 2.05) is 0 Å². The van der Waals surface area contributed by atoms with Gasteiger partial charge in [0.25, 0.3) is 0 Å². The van der Waals surface area contributed by atoms with Crippen LogP contribution in [0.15, 0.2) is 11.8 Å². The number of hydrogen-bond acceptors (Lipinski definition) is 2. The van der Waals surface area contributed by atoms with E-state index in [-0.39, 0.29) is 0 Å². The van der Waals surface area contributed by atoms with E-state index in [2.05, 4.69) is 12.2 Å². The van der Waals surface area contributed by atoms with Gasteiger partial charge in [-0.15, -0.1) is 0 Å². The number of aliphatic hydroxyl groups is 1. The molecular weight excluding hydrogens is 205 g/mol. The lowest BCUT2D eigenvalue weighted by Crippen LogP contribution is -2.35. The maximum absolute atomic E-state index is 12.1. The smallest absolute Gasteiger partial charge is 0.389 e. The van der Waals surface area contributed by atoms with Crippen LogP contribution < -0.4 is 11.1 Å².